The maximum atomic E-state index is 4.76. The zero-order valence-corrected chi connectivity index (χ0v) is 12.7. The fraction of sp³-hybridized carbons (Fsp3) is 0. The summed E-state index contributed by atoms with van der Waals surface area (Å²) in [5.41, 5.74) is 2.97. The van der Waals surface area contributed by atoms with Crippen LogP contribution >= 0.6 is 22.7 Å². The van der Waals surface area contributed by atoms with Crippen LogP contribution in [0.3, 0.4) is 0 Å². The van der Waals surface area contributed by atoms with Crippen LogP contribution in [0, 0.1) is 6.07 Å². The van der Waals surface area contributed by atoms with Gasteiger partial charge in [0.25, 0.3) is 0 Å². The zero-order valence-electron chi connectivity index (χ0n) is 11.1. The molecule has 0 aliphatic carbocycles. The lowest BCUT2D eigenvalue weighted by Crippen LogP contribution is -1.97. The van der Waals surface area contributed by atoms with Crippen molar-refractivity contribution in [1.29, 1.82) is 0 Å². The molecule has 0 fully saturated rings. The van der Waals surface area contributed by atoms with Crippen molar-refractivity contribution in [2.75, 3.05) is 0 Å². The van der Waals surface area contributed by atoms with E-state index in [9.17, 15) is 0 Å². The number of hydrogen-bond donors (Lipinski definition) is 0. The van der Waals surface area contributed by atoms with Crippen LogP contribution in [0.1, 0.15) is 0 Å². The molecule has 1 aromatic carbocycles. The molecule has 3 aromatic heterocycles. The SMILES string of the molecule is [c]1c(-c2cccs2)nn(-c2ccccc2)c1-c1cccs1. The average molecular weight is 307 g/mol. The van der Waals surface area contributed by atoms with Crippen LogP contribution in [-0.4, -0.2) is 9.78 Å². The summed E-state index contributed by atoms with van der Waals surface area (Å²) in [4.78, 5) is 2.32. The van der Waals surface area contributed by atoms with Gasteiger partial charge in [-0.3, -0.25) is 0 Å². The first-order valence-electron chi connectivity index (χ1n) is 6.57. The van der Waals surface area contributed by atoms with Crippen molar-refractivity contribution in [3.8, 4) is 26.8 Å². The first-order chi connectivity index (χ1) is 10.4. The molecule has 4 aromatic rings. The van der Waals surface area contributed by atoms with Gasteiger partial charge in [-0.1, -0.05) is 30.3 Å². The molecule has 0 bridgehead atoms. The third kappa shape index (κ3) is 2.33. The molecule has 0 atom stereocenters. The van der Waals surface area contributed by atoms with Gasteiger partial charge in [0.15, 0.2) is 0 Å². The Hall–Kier alpha value is -2.17. The molecule has 4 rings (SSSR count). The van der Waals surface area contributed by atoms with Crippen LogP contribution < -0.4 is 0 Å². The number of nitrogens with zero attached hydrogens (tertiary/aromatic N) is 2. The van der Waals surface area contributed by atoms with Crippen LogP contribution in [0.2, 0.25) is 0 Å². The second kappa shape index (κ2) is 5.31. The highest BCUT2D eigenvalue weighted by Crippen LogP contribution is 2.32. The van der Waals surface area contributed by atoms with E-state index in [4.69, 9.17) is 5.10 Å². The number of para-hydroxylation sites is 1. The first-order valence-corrected chi connectivity index (χ1v) is 8.33. The Morgan fingerprint density at radius 3 is 2.19 bits per heavy atom. The summed E-state index contributed by atoms with van der Waals surface area (Å²) in [7, 11) is 0. The quantitative estimate of drug-likeness (QED) is 0.513. The Morgan fingerprint density at radius 1 is 0.810 bits per heavy atom. The number of aromatic nitrogens is 2. The van der Waals surface area contributed by atoms with E-state index in [1.54, 1.807) is 22.7 Å². The predicted octanol–water partition coefficient (Wildman–Crippen LogP) is 5.13. The minimum Gasteiger partial charge on any atom is -0.231 e. The lowest BCUT2D eigenvalue weighted by Gasteiger charge is -2.05. The van der Waals surface area contributed by atoms with E-state index in [0.29, 0.717) is 0 Å². The summed E-state index contributed by atoms with van der Waals surface area (Å²) in [5, 5.41) is 8.90. The van der Waals surface area contributed by atoms with Crippen LogP contribution in [0.25, 0.3) is 26.8 Å². The molecule has 1 radical (unpaired) electrons. The van der Waals surface area contributed by atoms with E-state index in [2.05, 4.69) is 47.2 Å². The third-order valence-corrected chi connectivity index (χ3v) is 4.91. The first kappa shape index (κ1) is 12.6. The molecule has 0 amide bonds. The normalized spacial score (nSPS) is 10.9. The molecule has 0 unspecified atom stereocenters. The fourth-order valence-electron chi connectivity index (χ4n) is 2.20. The molecule has 0 saturated heterocycles. The Morgan fingerprint density at radius 2 is 1.52 bits per heavy atom. The topological polar surface area (TPSA) is 17.8 Å². The van der Waals surface area contributed by atoms with Crippen molar-refractivity contribution in [1.82, 2.24) is 9.78 Å². The van der Waals surface area contributed by atoms with E-state index in [1.807, 2.05) is 28.9 Å². The maximum Gasteiger partial charge on any atom is 0.111 e. The molecule has 21 heavy (non-hydrogen) atoms. The van der Waals surface area contributed by atoms with Crippen molar-refractivity contribution in [3.05, 3.63) is 71.4 Å². The number of hydrogen-bond acceptors (Lipinski definition) is 3. The Balaban J connectivity index is 1.92. The summed E-state index contributed by atoms with van der Waals surface area (Å²) >= 11 is 3.39. The standard InChI is InChI=1S/C17H11N2S2/c1-2-6-13(7-3-1)19-15(17-9-5-11-21-17)12-14(18-19)16-8-4-10-20-16/h1-11H. The Kier molecular flexibility index (Phi) is 3.18. The fourth-order valence-corrected chi connectivity index (χ4v) is 3.57. The molecule has 0 spiro atoms. The van der Waals surface area contributed by atoms with Gasteiger partial charge < -0.3 is 0 Å². The Labute approximate surface area is 130 Å². The predicted molar refractivity (Wildman–Crippen MR) is 89.0 cm³/mol. The molecule has 0 aliphatic rings. The Bertz CT molecular complexity index is 828. The zero-order chi connectivity index (χ0) is 14.1. The van der Waals surface area contributed by atoms with Gasteiger partial charge in [-0.05, 0) is 35.0 Å². The highest BCUT2D eigenvalue weighted by atomic mass is 32.1. The van der Waals surface area contributed by atoms with Crippen LogP contribution in [-0.2, 0) is 0 Å². The van der Waals surface area contributed by atoms with Crippen molar-refractivity contribution in [2.24, 2.45) is 0 Å². The van der Waals surface area contributed by atoms with Crippen molar-refractivity contribution in [3.63, 3.8) is 0 Å². The lowest BCUT2D eigenvalue weighted by atomic mass is 10.2. The van der Waals surface area contributed by atoms with Gasteiger partial charge in [-0.25, -0.2) is 4.68 Å². The van der Waals surface area contributed by atoms with Crippen LogP contribution in [0.5, 0.6) is 0 Å². The molecule has 0 N–H and O–H groups in total. The number of benzene rings is 1. The largest absolute Gasteiger partial charge is 0.231 e. The molecule has 2 nitrogen and oxygen atoms in total. The summed E-state index contributed by atoms with van der Waals surface area (Å²) in [6.07, 6.45) is 0. The molecule has 0 aliphatic heterocycles. The highest BCUT2D eigenvalue weighted by molar-refractivity contribution is 7.14. The van der Waals surface area contributed by atoms with Gasteiger partial charge in [-0.2, -0.15) is 5.10 Å². The summed E-state index contributed by atoms with van der Waals surface area (Å²) in [6, 6.07) is 21.9. The number of thiophene rings is 2. The van der Waals surface area contributed by atoms with Gasteiger partial charge >= 0.3 is 0 Å². The van der Waals surface area contributed by atoms with Crippen LogP contribution in [0.4, 0.5) is 0 Å². The third-order valence-electron chi connectivity index (χ3n) is 3.16. The van der Waals surface area contributed by atoms with Gasteiger partial charge in [0.2, 0.25) is 0 Å². The second-order valence-corrected chi connectivity index (χ2v) is 6.42. The molecular weight excluding hydrogens is 296 g/mol. The monoisotopic (exact) mass is 307 g/mol. The highest BCUT2D eigenvalue weighted by Gasteiger charge is 2.14. The minimum atomic E-state index is 0.900. The molecule has 3 heterocycles. The van der Waals surface area contributed by atoms with Crippen molar-refractivity contribution < 1.29 is 0 Å². The minimum absolute atomic E-state index is 0.900. The second-order valence-electron chi connectivity index (χ2n) is 4.52. The van der Waals surface area contributed by atoms with Gasteiger partial charge in [0.05, 0.1) is 21.1 Å². The average Bonchev–Trinajstić information content (AvgIpc) is 3.27. The van der Waals surface area contributed by atoms with Gasteiger partial charge in [0.1, 0.15) is 5.69 Å². The van der Waals surface area contributed by atoms with E-state index in [-0.39, 0.29) is 0 Å². The smallest absolute Gasteiger partial charge is 0.111 e. The molecule has 101 valence electrons. The van der Waals surface area contributed by atoms with Crippen LogP contribution in [0.15, 0.2) is 65.4 Å². The van der Waals surface area contributed by atoms with Crippen molar-refractivity contribution in [2.45, 2.75) is 0 Å². The van der Waals surface area contributed by atoms with E-state index < -0.39 is 0 Å². The van der Waals surface area contributed by atoms with E-state index in [1.165, 1.54) is 4.88 Å². The van der Waals surface area contributed by atoms with Gasteiger partial charge in [-0.15, -0.1) is 22.7 Å². The summed E-state index contributed by atoms with van der Waals surface area (Å²) in [5.74, 6) is 0. The molecule has 4 heteroatoms. The number of rotatable bonds is 3. The molecular formula is C17H11N2S2. The summed E-state index contributed by atoms with van der Waals surface area (Å²) in [6.45, 7) is 0. The van der Waals surface area contributed by atoms with E-state index in [0.717, 1.165) is 22.0 Å². The van der Waals surface area contributed by atoms with E-state index >= 15 is 0 Å². The summed E-state index contributed by atoms with van der Waals surface area (Å²) < 4.78 is 1.97. The van der Waals surface area contributed by atoms with Crippen molar-refractivity contribution >= 4 is 22.7 Å². The van der Waals surface area contributed by atoms with Gasteiger partial charge in [0, 0.05) is 6.07 Å². The lowest BCUT2D eigenvalue weighted by molar-refractivity contribution is 0.894. The molecule has 0 saturated carbocycles. The maximum absolute atomic E-state index is 4.76.